The van der Waals surface area contributed by atoms with E-state index < -0.39 is 17.5 Å². The van der Waals surface area contributed by atoms with Gasteiger partial charge < -0.3 is 20.3 Å². The number of rotatable bonds is 4. The highest BCUT2D eigenvalue weighted by atomic mass is 19.2. The molecule has 216 valence electrons. The van der Waals surface area contributed by atoms with Crippen LogP contribution in [-0.4, -0.2) is 68.5 Å². The van der Waals surface area contributed by atoms with Crippen molar-refractivity contribution < 1.29 is 28.1 Å². The Labute approximate surface area is 235 Å². The Hall–Kier alpha value is -3.70. The monoisotopic (exact) mass is 567 g/mol. The van der Waals surface area contributed by atoms with E-state index in [-0.39, 0.29) is 51.5 Å². The average molecular weight is 568 g/mol. The minimum absolute atomic E-state index is 0.0000888. The van der Waals surface area contributed by atoms with Gasteiger partial charge in [-0.05, 0) is 82.1 Å². The third kappa shape index (κ3) is 4.80. The minimum Gasteiger partial charge on any atom is -0.508 e. The Morgan fingerprint density at radius 2 is 1.76 bits per heavy atom. The normalized spacial score (nSPS) is 17.6. The van der Waals surface area contributed by atoms with Gasteiger partial charge in [-0.1, -0.05) is 6.07 Å². The molecule has 0 atom stereocenters. The fourth-order valence-electron chi connectivity index (χ4n) is 6.47. The fourth-order valence-corrected chi connectivity index (χ4v) is 6.47. The summed E-state index contributed by atoms with van der Waals surface area (Å²) in [5.41, 5.74) is 0.271. The summed E-state index contributed by atoms with van der Waals surface area (Å²) in [4.78, 5) is 16.1. The molecule has 41 heavy (non-hydrogen) atoms. The second kappa shape index (κ2) is 10.9. The summed E-state index contributed by atoms with van der Waals surface area (Å²) in [7, 11) is 0. The number of phenols is 1. The second-order valence-corrected chi connectivity index (χ2v) is 10.8. The standard InChI is InChI=1S/C28H26F3N5O2.C2H6O/c29-18-6-5-15-12-16(37)13-17(20(15)22(18)30)24-23(31)25-21-19(33-24)4-1-9-32-26(21)35-27(34-25)38-14-28-7-2-10-36(28)11-3-8-28;1-2-3/h5-6,12-13,37H,1-4,7-11,14H2,(H,32,34,35);3H,2H2,1H3. The molecular weight excluding hydrogens is 535 g/mol. The van der Waals surface area contributed by atoms with Crippen molar-refractivity contribution in [3.05, 3.63) is 47.4 Å². The number of aromatic hydroxyl groups is 1. The lowest BCUT2D eigenvalue weighted by Gasteiger charge is -2.31. The van der Waals surface area contributed by atoms with Crippen molar-refractivity contribution in [1.82, 2.24) is 19.9 Å². The van der Waals surface area contributed by atoms with Crippen molar-refractivity contribution in [1.29, 1.82) is 0 Å². The van der Waals surface area contributed by atoms with Crippen LogP contribution in [-0.2, 0) is 6.42 Å². The number of nitrogens with one attached hydrogen (secondary N) is 1. The van der Waals surface area contributed by atoms with E-state index in [1.165, 1.54) is 18.2 Å². The van der Waals surface area contributed by atoms with Gasteiger partial charge in [0.05, 0.1) is 16.6 Å². The number of aromatic nitrogens is 3. The largest absolute Gasteiger partial charge is 0.508 e. The van der Waals surface area contributed by atoms with Gasteiger partial charge in [-0.2, -0.15) is 9.97 Å². The lowest BCUT2D eigenvalue weighted by molar-refractivity contribution is 0.108. The van der Waals surface area contributed by atoms with E-state index in [0.29, 0.717) is 42.9 Å². The Bertz CT molecular complexity index is 1620. The van der Waals surface area contributed by atoms with Crippen LogP contribution in [0.1, 0.15) is 44.7 Å². The van der Waals surface area contributed by atoms with E-state index in [2.05, 4.69) is 25.2 Å². The Morgan fingerprint density at radius 3 is 2.51 bits per heavy atom. The number of fused-ring (bicyclic) bond motifs is 2. The number of phenolic OH excluding ortho intramolecular Hbond substituents is 1. The van der Waals surface area contributed by atoms with Crippen molar-refractivity contribution in [3.63, 3.8) is 0 Å². The van der Waals surface area contributed by atoms with Gasteiger partial charge in [0.25, 0.3) is 0 Å². The Morgan fingerprint density at radius 1 is 1.00 bits per heavy atom. The number of halogens is 3. The van der Waals surface area contributed by atoms with E-state index in [1.807, 2.05) is 0 Å². The molecule has 2 fully saturated rings. The van der Waals surface area contributed by atoms with Crippen molar-refractivity contribution >= 4 is 27.5 Å². The van der Waals surface area contributed by atoms with Crippen LogP contribution in [0.3, 0.4) is 0 Å². The van der Waals surface area contributed by atoms with Gasteiger partial charge in [-0.25, -0.2) is 18.2 Å². The predicted molar refractivity (Wildman–Crippen MR) is 150 cm³/mol. The molecule has 3 N–H and O–H groups in total. The first-order chi connectivity index (χ1) is 19.8. The summed E-state index contributed by atoms with van der Waals surface area (Å²) < 4.78 is 51.6. The number of aliphatic hydroxyl groups is 1. The summed E-state index contributed by atoms with van der Waals surface area (Å²) in [5, 5.41) is 21.7. The fraction of sp³-hybridized carbons (Fsp3) is 0.433. The molecule has 5 heterocycles. The number of anilines is 1. The van der Waals surface area contributed by atoms with E-state index in [9.17, 15) is 13.9 Å². The SMILES string of the molecule is CCO.Oc1cc(-c2nc3c4c(nc(OCC56CCCN5CCC6)nc4c2F)NCCC3)c2c(F)c(F)ccc2c1. The summed E-state index contributed by atoms with van der Waals surface area (Å²) >= 11 is 0. The summed E-state index contributed by atoms with van der Waals surface area (Å²) in [5.74, 6) is -2.77. The van der Waals surface area contributed by atoms with Crippen LogP contribution in [0.5, 0.6) is 11.8 Å². The molecule has 0 amide bonds. The number of aliphatic hydroxyl groups excluding tert-OH is 1. The Kier molecular flexibility index (Phi) is 7.33. The van der Waals surface area contributed by atoms with Crippen LogP contribution >= 0.6 is 0 Å². The van der Waals surface area contributed by atoms with Crippen molar-refractivity contribution in [2.24, 2.45) is 0 Å². The van der Waals surface area contributed by atoms with Crippen LogP contribution in [0.4, 0.5) is 19.0 Å². The van der Waals surface area contributed by atoms with E-state index in [1.54, 1.807) is 6.92 Å². The Balaban J connectivity index is 0.000000967. The first-order valence-electron chi connectivity index (χ1n) is 14.1. The van der Waals surface area contributed by atoms with Crippen LogP contribution in [0.15, 0.2) is 24.3 Å². The molecule has 2 saturated heterocycles. The highest BCUT2D eigenvalue weighted by Gasteiger charge is 2.45. The maximum absolute atomic E-state index is 16.3. The molecule has 11 heteroatoms. The molecule has 2 aromatic heterocycles. The summed E-state index contributed by atoms with van der Waals surface area (Å²) in [6, 6.07) is 4.89. The highest BCUT2D eigenvalue weighted by Crippen LogP contribution is 2.41. The quantitative estimate of drug-likeness (QED) is 0.304. The zero-order valence-electron chi connectivity index (χ0n) is 22.8. The van der Waals surface area contributed by atoms with Crippen LogP contribution in [0, 0.1) is 17.5 Å². The topological polar surface area (TPSA) is 104 Å². The molecule has 4 aromatic rings. The van der Waals surface area contributed by atoms with Gasteiger partial charge in [0, 0.05) is 24.1 Å². The number of ether oxygens (including phenoxy) is 1. The number of pyridine rings is 1. The molecule has 7 rings (SSSR count). The van der Waals surface area contributed by atoms with E-state index in [0.717, 1.165) is 44.8 Å². The van der Waals surface area contributed by atoms with Gasteiger partial charge in [-0.15, -0.1) is 0 Å². The molecule has 8 nitrogen and oxygen atoms in total. The second-order valence-electron chi connectivity index (χ2n) is 10.8. The molecular formula is C30H32F3N5O3. The van der Waals surface area contributed by atoms with Crippen LogP contribution in [0.2, 0.25) is 0 Å². The average Bonchev–Trinajstić information content (AvgIpc) is 3.47. The van der Waals surface area contributed by atoms with Crippen molar-refractivity contribution in [2.45, 2.75) is 51.0 Å². The van der Waals surface area contributed by atoms with Crippen LogP contribution < -0.4 is 10.1 Å². The number of hydrogen-bond donors (Lipinski definition) is 3. The molecule has 2 aromatic carbocycles. The molecule has 3 aliphatic rings. The van der Waals surface area contributed by atoms with Gasteiger partial charge in [-0.3, -0.25) is 4.90 Å². The molecule has 0 saturated carbocycles. The molecule has 0 unspecified atom stereocenters. The number of nitrogens with zero attached hydrogens (tertiary/aromatic N) is 4. The maximum Gasteiger partial charge on any atom is 0.319 e. The number of benzene rings is 2. The van der Waals surface area contributed by atoms with Crippen molar-refractivity contribution in [2.75, 3.05) is 38.2 Å². The minimum atomic E-state index is -1.13. The van der Waals surface area contributed by atoms with Crippen LogP contribution in [0.25, 0.3) is 32.9 Å². The summed E-state index contributed by atoms with van der Waals surface area (Å²) in [6.45, 7) is 5.06. The van der Waals surface area contributed by atoms with Gasteiger partial charge in [0.2, 0.25) is 0 Å². The lowest BCUT2D eigenvalue weighted by Crippen LogP contribution is -2.43. The molecule has 0 bridgehead atoms. The molecule has 0 aliphatic carbocycles. The molecule has 0 spiro atoms. The van der Waals surface area contributed by atoms with E-state index >= 15 is 4.39 Å². The number of aryl methyl sites for hydroxylation is 1. The van der Waals surface area contributed by atoms with Gasteiger partial charge in [0.1, 0.15) is 29.4 Å². The van der Waals surface area contributed by atoms with Gasteiger partial charge >= 0.3 is 6.01 Å². The smallest absolute Gasteiger partial charge is 0.319 e. The third-order valence-corrected chi connectivity index (χ3v) is 8.25. The molecule has 0 radical (unpaired) electrons. The zero-order chi connectivity index (χ0) is 28.7. The lowest BCUT2D eigenvalue weighted by atomic mass is 9.95. The zero-order valence-corrected chi connectivity index (χ0v) is 22.8. The third-order valence-electron chi connectivity index (χ3n) is 8.25. The van der Waals surface area contributed by atoms with Gasteiger partial charge in [0.15, 0.2) is 17.5 Å². The van der Waals surface area contributed by atoms with Crippen molar-refractivity contribution in [3.8, 4) is 23.0 Å². The van der Waals surface area contributed by atoms with E-state index in [4.69, 9.17) is 9.84 Å². The maximum atomic E-state index is 16.3. The summed E-state index contributed by atoms with van der Waals surface area (Å²) in [6.07, 6.45) is 5.56. The number of hydrogen-bond acceptors (Lipinski definition) is 8. The first kappa shape index (κ1) is 27.5. The molecule has 3 aliphatic heterocycles. The predicted octanol–water partition coefficient (Wildman–Crippen LogP) is 5.33. The first-order valence-corrected chi connectivity index (χ1v) is 14.1. The highest BCUT2D eigenvalue weighted by molar-refractivity contribution is 6.01.